The van der Waals surface area contributed by atoms with Gasteiger partial charge in [0, 0.05) is 41.0 Å². The Labute approximate surface area is 250 Å². The van der Waals surface area contributed by atoms with Crippen LogP contribution in [0.5, 0.6) is 17.2 Å². The summed E-state index contributed by atoms with van der Waals surface area (Å²) < 4.78 is 30.7. The summed E-state index contributed by atoms with van der Waals surface area (Å²) in [5.41, 5.74) is 0.498. The van der Waals surface area contributed by atoms with E-state index in [0.717, 1.165) is 18.4 Å². The first-order valence-corrected chi connectivity index (χ1v) is 14.4. The number of hydrogen-bond donors (Lipinski definition) is 3. The van der Waals surface area contributed by atoms with Crippen LogP contribution >= 0.6 is 0 Å². The number of carbonyl (C=O) groups excluding carboxylic acids is 2. The molecule has 228 valence electrons. The predicted molar refractivity (Wildman–Crippen MR) is 157 cm³/mol. The zero-order valence-corrected chi connectivity index (χ0v) is 24.6. The molecule has 2 atom stereocenters. The number of fused-ring (bicyclic) bond motifs is 1. The Morgan fingerprint density at radius 3 is 2.58 bits per heavy atom. The lowest BCUT2D eigenvalue weighted by atomic mass is 9.81. The third-order valence-corrected chi connectivity index (χ3v) is 8.10. The number of methoxy groups -OCH3 is 1. The maximum absolute atomic E-state index is 13.8. The molecule has 0 unspecified atom stereocenters. The maximum Gasteiger partial charge on any atom is 0.223 e. The second kappa shape index (κ2) is 12.3. The molecule has 10 heteroatoms. The van der Waals surface area contributed by atoms with Crippen LogP contribution in [0.1, 0.15) is 61.1 Å². The third-order valence-electron chi connectivity index (χ3n) is 8.10. The van der Waals surface area contributed by atoms with E-state index < -0.39 is 11.0 Å². The molecule has 2 heterocycles. The number of ketones is 1. The van der Waals surface area contributed by atoms with Gasteiger partial charge in [0.25, 0.3) is 0 Å². The predicted octanol–water partition coefficient (Wildman–Crippen LogP) is 4.31. The van der Waals surface area contributed by atoms with E-state index in [4.69, 9.17) is 24.3 Å². The van der Waals surface area contributed by atoms with E-state index in [9.17, 15) is 19.1 Å². The number of Topliss-reactive ketones (excluding diaryl/α,β-unsaturated/α-hetero) is 1. The number of carbonyl (C=O) groups is 2. The number of benzene rings is 2. The molecular weight excluding hydrogens is 555 g/mol. The van der Waals surface area contributed by atoms with Crippen LogP contribution in [0.2, 0.25) is 0 Å². The van der Waals surface area contributed by atoms with Gasteiger partial charge in [-0.25, -0.2) is 9.37 Å². The summed E-state index contributed by atoms with van der Waals surface area (Å²) in [5.74, 6) is 0.801. The second-order valence-corrected chi connectivity index (χ2v) is 11.7. The number of nitrogens with one attached hydrogen (secondary N) is 1. The lowest BCUT2D eigenvalue weighted by Crippen LogP contribution is -2.40. The molecule has 0 spiro atoms. The molecule has 1 fully saturated rings. The van der Waals surface area contributed by atoms with Gasteiger partial charge in [-0.05, 0) is 74.7 Å². The highest BCUT2D eigenvalue weighted by atomic mass is 19.1. The van der Waals surface area contributed by atoms with Crippen LogP contribution in [-0.2, 0) is 15.8 Å². The smallest absolute Gasteiger partial charge is 0.223 e. The standard InChI is InChI=1S/C33H37FN2O7/c1-32(18-35-31(39)21-4-5-21)19-43-30-24(32)17-28(36-29(30)20-6-9-23(34)10-7-20)33(2,40)13-12-25(38)22-8-11-26(42-15-14-37)27(16-22)41-3/h6-11,16-17,21,37,40H,4-5,12-15,18-19H2,1-3H3,(H,35,39)/t32-,33-/m0/s1. The molecule has 2 aliphatic rings. The Hall–Kier alpha value is -4.02. The second-order valence-electron chi connectivity index (χ2n) is 11.7. The van der Waals surface area contributed by atoms with Crippen LogP contribution in [-0.4, -0.2) is 60.4 Å². The minimum Gasteiger partial charge on any atom is -0.493 e. The van der Waals surface area contributed by atoms with Gasteiger partial charge in [-0.15, -0.1) is 0 Å². The van der Waals surface area contributed by atoms with Gasteiger partial charge in [0.05, 0.1) is 26.0 Å². The van der Waals surface area contributed by atoms with Crippen molar-refractivity contribution in [3.8, 4) is 28.5 Å². The molecule has 1 aliphatic carbocycles. The first kappa shape index (κ1) is 30.4. The van der Waals surface area contributed by atoms with E-state index in [0.29, 0.717) is 52.9 Å². The third kappa shape index (κ3) is 6.65. The van der Waals surface area contributed by atoms with Crippen molar-refractivity contribution in [3.63, 3.8) is 0 Å². The monoisotopic (exact) mass is 592 g/mol. The molecule has 2 aromatic carbocycles. The lowest BCUT2D eigenvalue weighted by Gasteiger charge is -2.27. The van der Waals surface area contributed by atoms with E-state index in [2.05, 4.69) is 5.32 Å². The molecule has 9 nitrogen and oxygen atoms in total. The van der Waals surface area contributed by atoms with Crippen LogP contribution in [0.4, 0.5) is 4.39 Å². The van der Waals surface area contributed by atoms with E-state index in [1.807, 2.05) is 6.92 Å². The number of hydrogen-bond acceptors (Lipinski definition) is 8. The molecule has 3 aromatic rings. The zero-order valence-electron chi connectivity index (χ0n) is 24.6. The fourth-order valence-corrected chi connectivity index (χ4v) is 5.18. The van der Waals surface area contributed by atoms with Crippen molar-refractivity contribution >= 4 is 11.7 Å². The number of aliphatic hydroxyl groups is 2. The zero-order chi connectivity index (χ0) is 30.8. The van der Waals surface area contributed by atoms with E-state index in [1.54, 1.807) is 43.3 Å². The molecule has 0 saturated heterocycles. The molecule has 1 saturated carbocycles. The Balaban J connectivity index is 1.42. The first-order valence-electron chi connectivity index (χ1n) is 14.4. The molecule has 3 N–H and O–H groups in total. The van der Waals surface area contributed by atoms with Gasteiger partial charge in [-0.3, -0.25) is 9.59 Å². The number of rotatable bonds is 13. The van der Waals surface area contributed by atoms with Crippen LogP contribution in [0, 0.1) is 11.7 Å². The van der Waals surface area contributed by atoms with Gasteiger partial charge >= 0.3 is 0 Å². The van der Waals surface area contributed by atoms with Gasteiger partial charge in [-0.1, -0.05) is 6.92 Å². The first-order chi connectivity index (χ1) is 20.5. The molecular formula is C33H37FN2O7. The van der Waals surface area contributed by atoms with Crippen molar-refractivity contribution in [2.45, 2.75) is 50.5 Å². The normalized spacial score (nSPS) is 18.7. The SMILES string of the molecule is COc1cc(C(=O)CC[C@](C)(O)c2cc3c(c(-c4ccc(F)cc4)n2)OC[C@]3(C)CNC(=O)C2CC2)ccc1OCCO. The van der Waals surface area contributed by atoms with Crippen LogP contribution < -0.4 is 19.5 Å². The highest BCUT2D eigenvalue weighted by molar-refractivity contribution is 5.96. The van der Waals surface area contributed by atoms with Gasteiger partial charge in [0.1, 0.15) is 29.5 Å². The topological polar surface area (TPSA) is 127 Å². The van der Waals surface area contributed by atoms with Gasteiger partial charge in [-0.2, -0.15) is 0 Å². The van der Waals surface area contributed by atoms with Crippen molar-refractivity contribution in [3.05, 3.63) is 71.2 Å². The van der Waals surface area contributed by atoms with Gasteiger partial charge in [0.2, 0.25) is 5.91 Å². The summed E-state index contributed by atoms with van der Waals surface area (Å²) in [6, 6.07) is 12.5. The summed E-state index contributed by atoms with van der Waals surface area (Å²) in [6.07, 6.45) is 1.88. The maximum atomic E-state index is 13.8. The number of ether oxygens (including phenoxy) is 3. The molecule has 1 aromatic heterocycles. The van der Waals surface area contributed by atoms with E-state index >= 15 is 0 Å². The summed E-state index contributed by atoms with van der Waals surface area (Å²) in [4.78, 5) is 30.4. The number of aromatic nitrogens is 1. The molecule has 43 heavy (non-hydrogen) atoms. The van der Waals surface area contributed by atoms with Crippen molar-refractivity contribution in [2.24, 2.45) is 5.92 Å². The largest absolute Gasteiger partial charge is 0.493 e. The van der Waals surface area contributed by atoms with Gasteiger partial charge < -0.3 is 29.7 Å². The fourth-order valence-electron chi connectivity index (χ4n) is 5.18. The highest BCUT2D eigenvalue weighted by Crippen LogP contribution is 2.46. The molecule has 0 bridgehead atoms. The average molecular weight is 593 g/mol. The highest BCUT2D eigenvalue weighted by Gasteiger charge is 2.42. The Morgan fingerprint density at radius 2 is 1.91 bits per heavy atom. The Bertz CT molecular complexity index is 1500. The molecule has 1 amide bonds. The van der Waals surface area contributed by atoms with Crippen molar-refractivity contribution in [1.82, 2.24) is 10.3 Å². The van der Waals surface area contributed by atoms with Crippen LogP contribution in [0.3, 0.4) is 0 Å². The lowest BCUT2D eigenvalue weighted by molar-refractivity contribution is -0.122. The van der Waals surface area contributed by atoms with E-state index in [1.165, 1.54) is 19.2 Å². The summed E-state index contributed by atoms with van der Waals surface area (Å²) in [5, 5.41) is 23.8. The van der Waals surface area contributed by atoms with E-state index in [-0.39, 0.29) is 49.5 Å². The minimum atomic E-state index is -1.51. The van der Waals surface area contributed by atoms with Crippen LogP contribution in [0.15, 0.2) is 48.5 Å². The molecule has 0 radical (unpaired) electrons. The number of aliphatic hydroxyl groups excluding tert-OH is 1. The van der Waals surface area contributed by atoms with Crippen molar-refractivity contribution in [1.29, 1.82) is 0 Å². The minimum absolute atomic E-state index is 0.0167. The Kier molecular flexibility index (Phi) is 8.71. The molecule has 5 rings (SSSR count). The van der Waals surface area contributed by atoms with Crippen molar-refractivity contribution < 1.29 is 38.4 Å². The summed E-state index contributed by atoms with van der Waals surface area (Å²) in [6.45, 7) is 4.19. The summed E-state index contributed by atoms with van der Waals surface area (Å²) in [7, 11) is 1.47. The Morgan fingerprint density at radius 1 is 1.16 bits per heavy atom. The number of amides is 1. The fraction of sp³-hybridized carbons (Fsp3) is 0.424. The van der Waals surface area contributed by atoms with Gasteiger partial charge in [0.15, 0.2) is 17.3 Å². The number of nitrogens with zero attached hydrogens (tertiary/aromatic N) is 1. The summed E-state index contributed by atoms with van der Waals surface area (Å²) >= 11 is 0. The van der Waals surface area contributed by atoms with Crippen molar-refractivity contribution in [2.75, 3.05) is 33.5 Å². The number of pyridine rings is 1. The number of halogens is 1. The van der Waals surface area contributed by atoms with Crippen LogP contribution in [0.25, 0.3) is 11.3 Å². The quantitative estimate of drug-likeness (QED) is 0.251. The molecule has 1 aliphatic heterocycles. The average Bonchev–Trinajstić information content (AvgIpc) is 3.81.